The molecule has 0 aromatic heterocycles. The van der Waals surface area contributed by atoms with Crippen LogP contribution in [0.1, 0.15) is 81.1 Å². The minimum Gasteiger partial charge on any atom is -0.103 e. The van der Waals surface area contributed by atoms with E-state index in [9.17, 15) is 0 Å². The summed E-state index contributed by atoms with van der Waals surface area (Å²) >= 11 is 0. The second kappa shape index (κ2) is 12.1. The van der Waals surface area contributed by atoms with Crippen molar-refractivity contribution in [3.05, 3.63) is 59.3 Å². The van der Waals surface area contributed by atoms with Gasteiger partial charge in [0, 0.05) is 0 Å². The van der Waals surface area contributed by atoms with Crippen LogP contribution in [0.5, 0.6) is 0 Å². The lowest BCUT2D eigenvalue weighted by Crippen LogP contribution is -2.09. The van der Waals surface area contributed by atoms with Crippen molar-refractivity contribution in [2.45, 2.75) is 81.1 Å². The molecular formula is C25H42. The van der Waals surface area contributed by atoms with Crippen LogP contribution in [0.15, 0.2) is 59.3 Å². The molecule has 0 bridgehead atoms. The highest BCUT2D eigenvalue weighted by atomic mass is 14.2. The van der Waals surface area contributed by atoms with Crippen LogP contribution < -0.4 is 0 Å². The van der Waals surface area contributed by atoms with Gasteiger partial charge < -0.3 is 0 Å². The molecule has 0 aliphatic heterocycles. The first kappa shape index (κ1) is 23.7. The number of allylic oxidation sites excluding steroid dienone is 8. The zero-order valence-corrected chi connectivity index (χ0v) is 18.2. The predicted octanol–water partition coefficient (Wildman–Crippen LogP) is 8.45. The highest BCUT2D eigenvalue weighted by molar-refractivity contribution is 5.55. The molecule has 0 radical (unpaired) electrons. The van der Waals surface area contributed by atoms with Crippen LogP contribution in [-0.2, 0) is 0 Å². The molecule has 0 spiro atoms. The van der Waals surface area contributed by atoms with Gasteiger partial charge in [-0.25, -0.2) is 0 Å². The van der Waals surface area contributed by atoms with E-state index in [1.165, 1.54) is 27.9 Å². The van der Waals surface area contributed by atoms with E-state index in [2.05, 4.69) is 86.8 Å². The fourth-order valence-corrected chi connectivity index (χ4v) is 3.25. The molecule has 2 unspecified atom stereocenters. The average molecular weight is 343 g/mol. The molecule has 2 atom stereocenters. The summed E-state index contributed by atoms with van der Waals surface area (Å²) in [5, 5.41) is 0. The van der Waals surface area contributed by atoms with Crippen LogP contribution in [0.4, 0.5) is 0 Å². The van der Waals surface area contributed by atoms with Crippen molar-refractivity contribution >= 4 is 0 Å². The SMILES string of the molecule is C=CC(C)CC(C(=CC(C)C)CC)=C(C(=C)C(C)CC)C(=CC)CC. The van der Waals surface area contributed by atoms with Gasteiger partial charge in [-0.05, 0) is 78.2 Å². The van der Waals surface area contributed by atoms with E-state index in [0.29, 0.717) is 17.8 Å². The topological polar surface area (TPSA) is 0 Å². The molecule has 25 heavy (non-hydrogen) atoms. The Labute approximate surface area is 158 Å². The van der Waals surface area contributed by atoms with Crippen LogP contribution in [0.25, 0.3) is 0 Å². The van der Waals surface area contributed by atoms with E-state index >= 15 is 0 Å². The van der Waals surface area contributed by atoms with Gasteiger partial charge in [-0.2, -0.15) is 0 Å². The Morgan fingerprint density at radius 1 is 0.960 bits per heavy atom. The van der Waals surface area contributed by atoms with E-state index in [0.717, 1.165) is 25.7 Å². The van der Waals surface area contributed by atoms with Crippen molar-refractivity contribution in [1.29, 1.82) is 0 Å². The maximum absolute atomic E-state index is 4.54. The van der Waals surface area contributed by atoms with E-state index in [1.807, 2.05) is 0 Å². The normalized spacial score (nSPS) is 16.5. The molecule has 0 aromatic carbocycles. The van der Waals surface area contributed by atoms with Gasteiger partial charge in [0.25, 0.3) is 0 Å². The van der Waals surface area contributed by atoms with E-state index in [1.54, 1.807) is 0 Å². The molecule has 0 aromatic rings. The Hall–Kier alpha value is -1.30. The molecule has 0 aliphatic carbocycles. The molecule has 0 nitrogen and oxygen atoms in total. The van der Waals surface area contributed by atoms with Gasteiger partial charge in [0.2, 0.25) is 0 Å². The summed E-state index contributed by atoms with van der Waals surface area (Å²) < 4.78 is 0. The molecule has 0 amide bonds. The molecular weight excluding hydrogens is 300 g/mol. The van der Waals surface area contributed by atoms with Gasteiger partial charge in [-0.15, -0.1) is 6.58 Å². The lowest BCUT2D eigenvalue weighted by molar-refractivity contribution is 0.655. The number of hydrogen-bond donors (Lipinski definition) is 0. The summed E-state index contributed by atoms with van der Waals surface area (Å²) in [4.78, 5) is 0. The van der Waals surface area contributed by atoms with Gasteiger partial charge in [0.15, 0.2) is 0 Å². The van der Waals surface area contributed by atoms with Crippen molar-refractivity contribution in [3.8, 4) is 0 Å². The van der Waals surface area contributed by atoms with Crippen molar-refractivity contribution in [3.63, 3.8) is 0 Å². The molecule has 0 heterocycles. The van der Waals surface area contributed by atoms with E-state index in [-0.39, 0.29) is 0 Å². The maximum atomic E-state index is 4.54. The molecule has 0 saturated carbocycles. The molecule has 0 rings (SSSR count). The molecule has 0 heteroatoms. The standard InChI is InChI=1S/C25H42/c1-11-19(8)17-24(23(15-5)16-18(6)7)25(22(13-3)14-4)21(10)20(9)12-2/h11,13,16,18-20H,1,10,12,14-15,17H2,2-9H3. The smallest absolute Gasteiger partial charge is 0.0164 e. The first-order valence-corrected chi connectivity index (χ1v) is 10.2. The highest BCUT2D eigenvalue weighted by Gasteiger charge is 2.20. The summed E-state index contributed by atoms with van der Waals surface area (Å²) in [5.74, 6) is 1.52. The monoisotopic (exact) mass is 342 g/mol. The van der Waals surface area contributed by atoms with Crippen LogP contribution in [-0.4, -0.2) is 0 Å². The molecule has 142 valence electrons. The van der Waals surface area contributed by atoms with Crippen molar-refractivity contribution in [1.82, 2.24) is 0 Å². The summed E-state index contributed by atoms with van der Waals surface area (Å²) in [7, 11) is 0. The zero-order valence-electron chi connectivity index (χ0n) is 18.2. The van der Waals surface area contributed by atoms with Crippen LogP contribution in [0.2, 0.25) is 0 Å². The van der Waals surface area contributed by atoms with E-state index < -0.39 is 0 Å². The maximum Gasteiger partial charge on any atom is -0.0164 e. The molecule has 0 N–H and O–H groups in total. The van der Waals surface area contributed by atoms with Gasteiger partial charge >= 0.3 is 0 Å². The summed E-state index contributed by atoms with van der Waals surface area (Å²) in [6.07, 6.45) is 11.1. The average Bonchev–Trinajstić information content (AvgIpc) is 2.60. The highest BCUT2D eigenvalue weighted by Crippen LogP contribution is 2.37. The minimum absolute atomic E-state index is 0.465. The fraction of sp³-hybridized carbons (Fsp3) is 0.600. The quantitative estimate of drug-likeness (QED) is 0.261. The second-order valence-corrected chi connectivity index (χ2v) is 7.56. The van der Waals surface area contributed by atoms with Gasteiger partial charge in [-0.3, -0.25) is 0 Å². The van der Waals surface area contributed by atoms with Crippen molar-refractivity contribution < 1.29 is 0 Å². The van der Waals surface area contributed by atoms with Gasteiger partial charge in [-0.1, -0.05) is 73.3 Å². The molecule has 0 saturated heterocycles. The number of hydrogen-bond acceptors (Lipinski definition) is 0. The molecule has 0 fully saturated rings. The first-order chi connectivity index (χ1) is 11.8. The summed E-state index contributed by atoms with van der Waals surface area (Å²) in [6, 6.07) is 0. The summed E-state index contributed by atoms with van der Waals surface area (Å²) in [5.41, 5.74) is 7.12. The lowest BCUT2D eigenvalue weighted by atomic mass is 9.79. The Morgan fingerprint density at radius 3 is 1.88 bits per heavy atom. The van der Waals surface area contributed by atoms with Gasteiger partial charge in [0.05, 0.1) is 0 Å². The lowest BCUT2D eigenvalue weighted by Gasteiger charge is -2.26. The van der Waals surface area contributed by atoms with Crippen LogP contribution in [0, 0.1) is 17.8 Å². The predicted molar refractivity (Wildman–Crippen MR) is 117 cm³/mol. The van der Waals surface area contributed by atoms with Crippen LogP contribution in [0.3, 0.4) is 0 Å². The second-order valence-electron chi connectivity index (χ2n) is 7.56. The Bertz CT molecular complexity index is 522. The minimum atomic E-state index is 0.465. The third-order valence-corrected chi connectivity index (χ3v) is 5.11. The summed E-state index contributed by atoms with van der Waals surface area (Å²) in [6.45, 7) is 26.6. The Kier molecular flexibility index (Phi) is 11.5. The molecule has 0 aliphatic rings. The number of rotatable bonds is 11. The van der Waals surface area contributed by atoms with Crippen molar-refractivity contribution in [2.75, 3.05) is 0 Å². The Balaban J connectivity index is 6.68. The fourth-order valence-electron chi connectivity index (χ4n) is 3.25. The largest absolute Gasteiger partial charge is 0.103 e. The Morgan fingerprint density at radius 2 is 1.52 bits per heavy atom. The van der Waals surface area contributed by atoms with Gasteiger partial charge in [0.1, 0.15) is 0 Å². The first-order valence-electron chi connectivity index (χ1n) is 10.2. The van der Waals surface area contributed by atoms with Crippen LogP contribution >= 0.6 is 0 Å². The zero-order chi connectivity index (χ0) is 19.6. The van der Waals surface area contributed by atoms with Crippen molar-refractivity contribution in [2.24, 2.45) is 17.8 Å². The third-order valence-electron chi connectivity index (χ3n) is 5.11. The third kappa shape index (κ3) is 7.22. The van der Waals surface area contributed by atoms with E-state index in [4.69, 9.17) is 0 Å².